The van der Waals surface area contributed by atoms with E-state index in [9.17, 15) is 14.4 Å². The van der Waals surface area contributed by atoms with Crippen LogP contribution >= 0.6 is 0 Å². The van der Waals surface area contributed by atoms with Gasteiger partial charge in [-0.2, -0.15) is 0 Å². The van der Waals surface area contributed by atoms with Crippen LogP contribution in [0.15, 0.2) is 60.7 Å². The molecule has 0 spiro atoms. The van der Waals surface area contributed by atoms with Crippen LogP contribution in [0.1, 0.15) is 37.3 Å². The molecule has 2 atom stereocenters. The van der Waals surface area contributed by atoms with Crippen molar-refractivity contribution in [3.05, 3.63) is 71.8 Å². The number of rotatable bonds is 8. The first-order valence-electron chi connectivity index (χ1n) is 9.89. The van der Waals surface area contributed by atoms with Gasteiger partial charge in [-0.3, -0.25) is 14.5 Å². The van der Waals surface area contributed by atoms with Crippen LogP contribution < -0.4 is 10.6 Å². The van der Waals surface area contributed by atoms with Crippen LogP contribution in [-0.4, -0.2) is 41.4 Å². The van der Waals surface area contributed by atoms with Crippen LogP contribution in [0.5, 0.6) is 0 Å². The second kappa shape index (κ2) is 8.90. The first-order chi connectivity index (χ1) is 13.9. The molecule has 1 fully saturated rings. The lowest BCUT2D eigenvalue weighted by Crippen LogP contribution is -2.45. The molecule has 3 rings (SSSR count). The molecule has 0 unspecified atom stereocenters. The number of benzene rings is 2. The lowest BCUT2D eigenvalue weighted by molar-refractivity contribution is -0.134. The fourth-order valence-corrected chi connectivity index (χ4v) is 3.46. The summed E-state index contributed by atoms with van der Waals surface area (Å²) < 4.78 is 0. The zero-order chi connectivity index (χ0) is 20.9. The predicted octanol–water partition coefficient (Wildman–Crippen LogP) is 2.85. The van der Waals surface area contributed by atoms with Crippen molar-refractivity contribution < 1.29 is 14.4 Å². The van der Waals surface area contributed by atoms with E-state index in [0.29, 0.717) is 19.4 Å². The SMILES string of the molecule is C[C@H](CNC(=O)CN1C(=O)N[C@](C)(CCc2ccccc2)C1=O)c1ccccc1. The Labute approximate surface area is 171 Å². The van der Waals surface area contributed by atoms with Gasteiger partial charge in [0.05, 0.1) is 0 Å². The molecule has 2 aromatic carbocycles. The van der Waals surface area contributed by atoms with Gasteiger partial charge in [0.15, 0.2) is 0 Å². The minimum absolute atomic E-state index is 0.138. The van der Waals surface area contributed by atoms with Crippen molar-refractivity contribution in [2.45, 2.75) is 38.1 Å². The summed E-state index contributed by atoms with van der Waals surface area (Å²) in [7, 11) is 0. The van der Waals surface area contributed by atoms with E-state index in [0.717, 1.165) is 16.0 Å². The Morgan fingerprint density at radius 1 is 1.07 bits per heavy atom. The highest BCUT2D eigenvalue weighted by Gasteiger charge is 2.47. The van der Waals surface area contributed by atoms with E-state index in [1.54, 1.807) is 6.92 Å². The summed E-state index contributed by atoms with van der Waals surface area (Å²) in [5, 5.41) is 5.58. The average molecular weight is 393 g/mol. The number of nitrogens with zero attached hydrogens (tertiary/aromatic N) is 1. The minimum atomic E-state index is -0.996. The maximum absolute atomic E-state index is 12.8. The monoisotopic (exact) mass is 393 g/mol. The molecule has 2 aromatic rings. The molecule has 0 saturated carbocycles. The van der Waals surface area contributed by atoms with E-state index in [4.69, 9.17) is 0 Å². The van der Waals surface area contributed by atoms with Crippen molar-refractivity contribution in [3.8, 4) is 0 Å². The second-order valence-electron chi connectivity index (χ2n) is 7.75. The number of urea groups is 1. The summed E-state index contributed by atoms with van der Waals surface area (Å²) in [6, 6.07) is 19.2. The Bertz CT molecular complexity index is 869. The molecule has 6 heteroatoms. The number of imide groups is 1. The summed E-state index contributed by atoms with van der Waals surface area (Å²) in [6.45, 7) is 3.90. The van der Waals surface area contributed by atoms with Crippen LogP contribution in [0.2, 0.25) is 0 Å². The standard InChI is InChI=1S/C23H27N3O3/c1-17(19-11-7-4-8-12-19)15-24-20(27)16-26-21(28)23(2,25-22(26)29)14-13-18-9-5-3-6-10-18/h3-12,17H,13-16H2,1-2H3,(H,24,27)(H,25,29)/t17-,23-/m1/s1. The molecule has 1 saturated heterocycles. The van der Waals surface area contributed by atoms with E-state index in [1.807, 2.05) is 67.6 Å². The number of hydrogen-bond donors (Lipinski definition) is 2. The molecule has 0 radical (unpaired) electrons. The fourth-order valence-electron chi connectivity index (χ4n) is 3.46. The molecular weight excluding hydrogens is 366 g/mol. The molecule has 152 valence electrons. The fraction of sp³-hybridized carbons (Fsp3) is 0.348. The molecule has 1 aliphatic heterocycles. The van der Waals surface area contributed by atoms with Crippen molar-refractivity contribution in [1.82, 2.24) is 15.5 Å². The van der Waals surface area contributed by atoms with Crippen LogP contribution in [0.25, 0.3) is 0 Å². The maximum Gasteiger partial charge on any atom is 0.325 e. The molecule has 4 amide bonds. The Hall–Kier alpha value is -3.15. The molecule has 0 bridgehead atoms. The highest BCUT2D eigenvalue weighted by atomic mass is 16.2. The Kier molecular flexibility index (Phi) is 6.32. The first-order valence-corrected chi connectivity index (χ1v) is 9.89. The van der Waals surface area contributed by atoms with E-state index in [-0.39, 0.29) is 24.3 Å². The predicted molar refractivity (Wildman–Crippen MR) is 111 cm³/mol. The number of amides is 4. The largest absolute Gasteiger partial charge is 0.354 e. The third kappa shape index (κ3) is 5.02. The molecule has 29 heavy (non-hydrogen) atoms. The van der Waals surface area contributed by atoms with Crippen molar-refractivity contribution in [2.24, 2.45) is 0 Å². The summed E-state index contributed by atoms with van der Waals surface area (Å²) >= 11 is 0. The summed E-state index contributed by atoms with van der Waals surface area (Å²) in [4.78, 5) is 38.5. The summed E-state index contributed by atoms with van der Waals surface area (Å²) in [5.74, 6) is -0.562. The summed E-state index contributed by atoms with van der Waals surface area (Å²) in [5.41, 5.74) is 1.23. The molecule has 6 nitrogen and oxygen atoms in total. The number of carbonyl (C=O) groups excluding carboxylic acids is 3. The van der Waals surface area contributed by atoms with Gasteiger partial charge >= 0.3 is 6.03 Å². The van der Waals surface area contributed by atoms with E-state index in [2.05, 4.69) is 10.6 Å². The lowest BCUT2D eigenvalue weighted by Gasteiger charge is -2.21. The normalized spacial score (nSPS) is 19.7. The molecule has 1 heterocycles. The van der Waals surface area contributed by atoms with Gasteiger partial charge in [0.1, 0.15) is 12.1 Å². The van der Waals surface area contributed by atoms with Gasteiger partial charge < -0.3 is 10.6 Å². The lowest BCUT2D eigenvalue weighted by atomic mass is 9.93. The van der Waals surface area contributed by atoms with Crippen LogP contribution in [-0.2, 0) is 16.0 Å². The van der Waals surface area contributed by atoms with Crippen molar-refractivity contribution in [3.63, 3.8) is 0 Å². The molecule has 0 aromatic heterocycles. The topological polar surface area (TPSA) is 78.5 Å². The molecule has 1 aliphatic rings. The smallest absolute Gasteiger partial charge is 0.325 e. The van der Waals surface area contributed by atoms with E-state index < -0.39 is 11.6 Å². The van der Waals surface area contributed by atoms with Crippen LogP contribution in [0.4, 0.5) is 4.79 Å². The average Bonchev–Trinajstić information content (AvgIpc) is 2.95. The van der Waals surface area contributed by atoms with Gasteiger partial charge in [0.2, 0.25) is 5.91 Å². The van der Waals surface area contributed by atoms with Gasteiger partial charge in [0, 0.05) is 6.54 Å². The zero-order valence-electron chi connectivity index (χ0n) is 16.9. The van der Waals surface area contributed by atoms with Gasteiger partial charge in [-0.15, -0.1) is 0 Å². The van der Waals surface area contributed by atoms with Crippen molar-refractivity contribution >= 4 is 17.8 Å². The molecule has 2 N–H and O–H groups in total. The van der Waals surface area contributed by atoms with E-state index >= 15 is 0 Å². The van der Waals surface area contributed by atoms with Crippen molar-refractivity contribution in [2.75, 3.05) is 13.1 Å². The highest BCUT2D eigenvalue weighted by molar-refractivity contribution is 6.08. The Balaban J connectivity index is 1.53. The minimum Gasteiger partial charge on any atom is -0.354 e. The van der Waals surface area contributed by atoms with Gasteiger partial charge in [-0.1, -0.05) is 67.6 Å². The third-order valence-corrected chi connectivity index (χ3v) is 5.38. The zero-order valence-corrected chi connectivity index (χ0v) is 16.9. The van der Waals surface area contributed by atoms with Crippen LogP contribution in [0.3, 0.4) is 0 Å². The van der Waals surface area contributed by atoms with Gasteiger partial charge in [-0.25, -0.2) is 4.79 Å². The van der Waals surface area contributed by atoms with Gasteiger partial charge in [0.25, 0.3) is 5.91 Å². The van der Waals surface area contributed by atoms with Crippen LogP contribution in [0, 0.1) is 0 Å². The quantitative estimate of drug-likeness (QED) is 0.677. The van der Waals surface area contributed by atoms with Crippen molar-refractivity contribution in [1.29, 1.82) is 0 Å². The Morgan fingerprint density at radius 2 is 1.69 bits per heavy atom. The maximum atomic E-state index is 12.8. The van der Waals surface area contributed by atoms with E-state index in [1.165, 1.54) is 0 Å². The third-order valence-electron chi connectivity index (χ3n) is 5.38. The second-order valence-corrected chi connectivity index (χ2v) is 7.75. The number of aryl methyl sites for hydroxylation is 1. The molecular formula is C23H27N3O3. The Morgan fingerprint density at radius 3 is 2.34 bits per heavy atom. The summed E-state index contributed by atoms with van der Waals surface area (Å²) in [6.07, 6.45) is 1.14. The highest BCUT2D eigenvalue weighted by Crippen LogP contribution is 2.23. The molecule has 0 aliphatic carbocycles. The number of carbonyl (C=O) groups is 3. The van der Waals surface area contributed by atoms with Gasteiger partial charge in [-0.05, 0) is 36.8 Å². The number of hydrogen-bond acceptors (Lipinski definition) is 3. The number of nitrogens with one attached hydrogen (secondary N) is 2. The first kappa shape index (κ1) is 20.6.